The van der Waals surface area contributed by atoms with E-state index in [9.17, 15) is 4.79 Å². The molecule has 0 saturated heterocycles. The van der Waals surface area contributed by atoms with Gasteiger partial charge in [-0.15, -0.1) is 0 Å². The van der Waals surface area contributed by atoms with Crippen molar-refractivity contribution in [1.29, 1.82) is 0 Å². The van der Waals surface area contributed by atoms with Crippen molar-refractivity contribution in [3.05, 3.63) is 35.9 Å². The zero-order chi connectivity index (χ0) is 15.3. The minimum absolute atomic E-state index is 0.0241. The molecule has 1 saturated carbocycles. The third-order valence-electron chi connectivity index (χ3n) is 3.95. The summed E-state index contributed by atoms with van der Waals surface area (Å²) >= 11 is 0. The van der Waals surface area contributed by atoms with Crippen LogP contribution in [-0.4, -0.2) is 18.6 Å². The molecule has 1 atom stereocenters. The van der Waals surface area contributed by atoms with E-state index in [1.165, 1.54) is 6.42 Å². The summed E-state index contributed by atoms with van der Waals surface area (Å²) in [6.45, 7) is 7.09. The summed E-state index contributed by atoms with van der Waals surface area (Å²) in [6.07, 6.45) is 6.72. The van der Waals surface area contributed by atoms with Crippen LogP contribution >= 0.6 is 0 Å². The van der Waals surface area contributed by atoms with Crippen LogP contribution in [0.1, 0.15) is 45.6 Å². The first kappa shape index (κ1) is 15.6. The fraction of sp³-hybridized carbons (Fsp3) is 0.500. The van der Waals surface area contributed by atoms with E-state index in [1.807, 2.05) is 37.3 Å². The Kier molecular flexibility index (Phi) is 5.05. The Morgan fingerprint density at radius 1 is 1.43 bits per heavy atom. The van der Waals surface area contributed by atoms with Crippen LogP contribution in [0, 0.1) is 5.41 Å². The lowest BCUT2D eigenvalue weighted by molar-refractivity contribution is -0.117. The van der Waals surface area contributed by atoms with Crippen LogP contribution in [0.25, 0.3) is 6.08 Å². The van der Waals surface area contributed by atoms with E-state index >= 15 is 0 Å². The molecule has 1 unspecified atom stereocenters. The molecule has 2 rings (SSSR count). The Balaban J connectivity index is 1.93. The third kappa shape index (κ3) is 4.62. The molecule has 0 radical (unpaired) electrons. The molecule has 1 aromatic carbocycles. The molecule has 1 aromatic rings. The second-order valence-electron chi connectivity index (χ2n) is 6.42. The smallest absolute Gasteiger partial charge is 0.244 e. The van der Waals surface area contributed by atoms with Crippen LogP contribution < -0.4 is 10.1 Å². The van der Waals surface area contributed by atoms with Crippen molar-refractivity contribution in [2.45, 2.75) is 46.1 Å². The molecular weight excluding hydrogens is 262 g/mol. The normalized spacial score (nSPS) is 20.6. The number of hydrogen-bond donors (Lipinski definition) is 1. The van der Waals surface area contributed by atoms with E-state index < -0.39 is 0 Å². The average molecular weight is 287 g/mol. The molecule has 0 aliphatic heterocycles. The van der Waals surface area contributed by atoms with Crippen LogP contribution in [0.2, 0.25) is 0 Å². The van der Waals surface area contributed by atoms with Crippen LogP contribution in [0.4, 0.5) is 0 Å². The zero-order valence-electron chi connectivity index (χ0n) is 13.2. The van der Waals surface area contributed by atoms with Gasteiger partial charge in [0.05, 0.1) is 6.61 Å². The van der Waals surface area contributed by atoms with E-state index in [-0.39, 0.29) is 5.91 Å². The Bertz CT molecular complexity index is 520. The van der Waals surface area contributed by atoms with Crippen molar-refractivity contribution in [2.24, 2.45) is 5.41 Å². The lowest BCUT2D eigenvalue weighted by Gasteiger charge is -2.17. The predicted molar refractivity (Wildman–Crippen MR) is 86.2 cm³/mol. The van der Waals surface area contributed by atoms with E-state index in [1.54, 1.807) is 6.08 Å². The minimum atomic E-state index is -0.0241. The van der Waals surface area contributed by atoms with Crippen molar-refractivity contribution in [2.75, 3.05) is 6.61 Å². The van der Waals surface area contributed by atoms with Crippen molar-refractivity contribution in [3.63, 3.8) is 0 Å². The van der Waals surface area contributed by atoms with E-state index in [0.717, 1.165) is 24.2 Å². The van der Waals surface area contributed by atoms with Gasteiger partial charge in [0.15, 0.2) is 0 Å². The van der Waals surface area contributed by atoms with Gasteiger partial charge in [-0.2, -0.15) is 0 Å². The number of carbonyl (C=O) groups excluding carboxylic acids is 1. The molecule has 0 aromatic heterocycles. The summed E-state index contributed by atoms with van der Waals surface area (Å²) in [4.78, 5) is 12.0. The highest BCUT2D eigenvalue weighted by Gasteiger charge is 2.31. The molecule has 3 heteroatoms. The second-order valence-corrected chi connectivity index (χ2v) is 6.42. The Hall–Kier alpha value is -1.77. The summed E-state index contributed by atoms with van der Waals surface area (Å²) in [7, 11) is 0. The Morgan fingerprint density at radius 2 is 2.19 bits per heavy atom. The van der Waals surface area contributed by atoms with Gasteiger partial charge in [-0.05, 0) is 43.7 Å². The molecule has 21 heavy (non-hydrogen) atoms. The largest absolute Gasteiger partial charge is 0.493 e. The van der Waals surface area contributed by atoms with Crippen LogP contribution in [0.15, 0.2) is 30.3 Å². The maximum absolute atomic E-state index is 12.0. The molecule has 0 spiro atoms. The van der Waals surface area contributed by atoms with Gasteiger partial charge in [0.1, 0.15) is 5.75 Å². The van der Waals surface area contributed by atoms with Gasteiger partial charge in [0.2, 0.25) is 5.91 Å². The summed E-state index contributed by atoms with van der Waals surface area (Å²) in [5.74, 6) is 0.787. The molecule has 0 bridgehead atoms. The molecule has 1 N–H and O–H groups in total. The number of rotatable bonds is 5. The average Bonchev–Trinajstić information content (AvgIpc) is 2.77. The summed E-state index contributed by atoms with van der Waals surface area (Å²) in [5, 5.41) is 3.09. The van der Waals surface area contributed by atoms with Gasteiger partial charge < -0.3 is 10.1 Å². The van der Waals surface area contributed by atoms with Gasteiger partial charge in [0, 0.05) is 17.7 Å². The molecule has 1 aliphatic rings. The minimum Gasteiger partial charge on any atom is -0.493 e. The quantitative estimate of drug-likeness (QED) is 0.837. The molecular formula is C18H25NO2. The van der Waals surface area contributed by atoms with E-state index in [2.05, 4.69) is 19.2 Å². The molecule has 1 fully saturated rings. The monoisotopic (exact) mass is 287 g/mol. The number of amides is 1. The van der Waals surface area contributed by atoms with Crippen LogP contribution in [0.5, 0.6) is 5.75 Å². The van der Waals surface area contributed by atoms with Gasteiger partial charge in [-0.3, -0.25) is 4.79 Å². The number of para-hydroxylation sites is 1. The Labute approximate surface area is 127 Å². The number of benzene rings is 1. The van der Waals surface area contributed by atoms with Crippen LogP contribution in [-0.2, 0) is 4.79 Å². The summed E-state index contributed by atoms with van der Waals surface area (Å²) in [5.41, 5.74) is 1.28. The molecule has 1 amide bonds. The standard InChI is InChI=1S/C18H25NO2/c1-4-21-16-8-6-5-7-14(16)9-10-17(20)19-15-11-12-18(2,3)13-15/h5-10,15H,4,11-13H2,1-3H3,(H,19,20)/b10-9+. The SMILES string of the molecule is CCOc1ccccc1/C=C/C(=O)NC1CCC(C)(C)C1. The predicted octanol–water partition coefficient (Wildman–Crippen LogP) is 3.79. The second kappa shape index (κ2) is 6.79. The fourth-order valence-electron chi connectivity index (χ4n) is 2.88. The lowest BCUT2D eigenvalue weighted by atomic mass is 9.92. The zero-order valence-corrected chi connectivity index (χ0v) is 13.2. The maximum atomic E-state index is 12.0. The highest BCUT2D eigenvalue weighted by Crippen LogP contribution is 2.36. The molecule has 3 nitrogen and oxygen atoms in total. The van der Waals surface area contributed by atoms with Gasteiger partial charge >= 0.3 is 0 Å². The number of ether oxygens (including phenoxy) is 1. The summed E-state index contributed by atoms with van der Waals surface area (Å²) in [6, 6.07) is 8.05. The van der Waals surface area contributed by atoms with Crippen molar-refractivity contribution in [3.8, 4) is 5.75 Å². The number of hydrogen-bond acceptors (Lipinski definition) is 2. The fourth-order valence-corrected chi connectivity index (χ4v) is 2.88. The molecule has 1 aliphatic carbocycles. The van der Waals surface area contributed by atoms with Gasteiger partial charge in [-0.1, -0.05) is 32.0 Å². The van der Waals surface area contributed by atoms with E-state index in [0.29, 0.717) is 18.1 Å². The third-order valence-corrected chi connectivity index (χ3v) is 3.95. The Morgan fingerprint density at radius 3 is 2.86 bits per heavy atom. The lowest BCUT2D eigenvalue weighted by Crippen LogP contribution is -2.32. The van der Waals surface area contributed by atoms with Crippen LogP contribution in [0.3, 0.4) is 0 Å². The maximum Gasteiger partial charge on any atom is 0.244 e. The number of carbonyl (C=O) groups is 1. The highest BCUT2D eigenvalue weighted by molar-refractivity contribution is 5.92. The van der Waals surface area contributed by atoms with Gasteiger partial charge in [-0.25, -0.2) is 0 Å². The summed E-state index contributed by atoms with van der Waals surface area (Å²) < 4.78 is 5.55. The topological polar surface area (TPSA) is 38.3 Å². The first-order chi connectivity index (χ1) is 10.00. The van der Waals surface area contributed by atoms with Gasteiger partial charge in [0.25, 0.3) is 0 Å². The number of nitrogens with one attached hydrogen (secondary N) is 1. The highest BCUT2D eigenvalue weighted by atomic mass is 16.5. The molecule has 114 valence electrons. The van der Waals surface area contributed by atoms with E-state index in [4.69, 9.17) is 4.74 Å². The van der Waals surface area contributed by atoms with Crippen molar-refractivity contribution < 1.29 is 9.53 Å². The van der Waals surface area contributed by atoms with Crippen molar-refractivity contribution in [1.82, 2.24) is 5.32 Å². The molecule has 0 heterocycles. The first-order valence-electron chi connectivity index (χ1n) is 7.70. The first-order valence-corrected chi connectivity index (χ1v) is 7.70. The van der Waals surface area contributed by atoms with Crippen molar-refractivity contribution >= 4 is 12.0 Å².